The first kappa shape index (κ1) is 20.7. The molecular weight excluding hydrogens is 324 g/mol. The number of carboxylic acid groups (broad SMARTS) is 1. The largest absolute Gasteiger partial charge is 0.481 e. The quantitative estimate of drug-likeness (QED) is 0.783. The summed E-state index contributed by atoms with van der Waals surface area (Å²) in [6, 6.07) is 5.20. The van der Waals surface area contributed by atoms with Gasteiger partial charge in [-0.25, -0.2) is 9.78 Å². The van der Waals surface area contributed by atoms with Crippen molar-refractivity contribution in [2.24, 2.45) is 11.3 Å². The zero-order valence-electron chi connectivity index (χ0n) is 15.8. The minimum Gasteiger partial charge on any atom is -0.481 e. The molecule has 1 heterocycles. The average Bonchev–Trinajstić information content (AvgIpc) is 2.49. The Kier molecular flexibility index (Phi) is 6.78. The average molecular weight is 352 g/mol. The van der Waals surface area contributed by atoms with Gasteiger partial charge in [-0.3, -0.25) is 4.79 Å². The number of carbonyl (C=O) groups is 2. The summed E-state index contributed by atoms with van der Waals surface area (Å²) in [5.41, 5.74) is -1.28. The molecule has 1 amide bonds. The van der Waals surface area contributed by atoms with E-state index in [1.807, 2.05) is 13.8 Å². The fourth-order valence-electron chi connectivity index (χ4n) is 2.41. The lowest BCUT2D eigenvalue weighted by atomic mass is 9.73. The molecule has 7 heteroatoms. The van der Waals surface area contributed by atoms with Crippen LogP contribution in [0.15, 0.2) is 18.2 Å². The predicted octanol–water partition coefficient (Wildman–Crippen LogP) is 2.88. The third kappa shape index (κ3) is 5.92. The zero-order valence-corrected chi connectivity index (χ0v) is 15.8. The molecule has 0 aliphatic carbocycles. The summed E-state index contributed by atoms with van der Waals surface area (Å²) in [7, 11) is 1.50. The van der Waals surface area contributed by atoms with Crippen molar-refractivity contribution in [3.8, 4) is 5.88 Å². The van der Waals surface area contributed by atoms with Crippen molar-refractivity contribution < 1.29 is 24.2 Å². The van der Waals surface area contributed by atoms with Crippen LogP contribution < -0.4 is 10.1 Å². The SMILES string of the molecule is COc1cccc(CC(CNC(=O)OC(C)(C)C)(C(=O)O)C(C)C)n1. The molecule has 1 atom stereocenters. The minimum absolute atomic E-state index is 0.0617. The van der Waals surface area contributed by atoms with Crippen LogP contribution in [0.5, 0.6) is 5.88 Å². The third-order valence-corrected chi connectivity index (χ3v) is 3.97. The molecule has 1 aromatic rings. The van der Waals surface area contributed by atoms with Gasteiger partial charge in [0.1, 0.15) is 5.60 Å². The number of pyridine rings is 1. The van der Waals surface area contributed by atoms with Gasteiger partial charge in [-0.2, -0.15) is 0 Å². The summed E-state index contributed by atoms with van der Waals surface area (Å²) in [6.45, 7) is 8.81. The van der Waals surface area contributed by atoms with E-state index < -0.39 is 23.1 Å². The number of aliphatic carboxylic acids is 1. The molecule has 2 N–H and O–H groups in total. The highest BCUT2D eigenvalue weighted by Crippen LogP contribution is 2.32. The normalized spacial score (nSPS) is 13.9. The number of nitrogens with zero attached hydrogens (tertiary/aromatic N) is 1. The fourth-order valence-corrected chi connectivity index (χ4v) is 2.41. The Morgan fingerprint density at radius 3 is 2.40 bits per heavy atom. The molecule has 1 aromatic heterocycles. The number of alkyl carbamates (subject to hydrolysis) is 1. The maximum Gasteiger partial charge on any atom is 0.407 e. The Bertz CT molecular complexity index is 610. The summed E-state index contributed by atoms with van der Waals surface area (Å²) in [6.07, 6.45) is -0.482. The van der Waals surface area contributed by atoms with Crippen LogP contribution in [0.4, 0.5) is 4.79 Å². The maximum atomic E-state index is 12.1. The van der Waals surface area contributed by atoms with E-state index in [1.54, 1.807) is 39.0 Å². The number of nitrogens with one attached hydrogen (secondary N) is 1. The molecule has 0 fully saturated rings. The van der Waals surface area contributed by atoms with Gasteiger partial charge < -0.3 is 19.9 Å². The van der Waals surface area contributed by atoms with E-state index >= 15 is 0 Å². The number of amides is 1. The Morgan fingerprint density at radius 2 is 1.92 bits per heavy atom. The van der Waals surface area contributed by atoms with E-state index in [9.17, 15) is 14.7 Å². The van der Waals surface area contributed by atoms with Gasteiger partial charge in [0.25, 0.3) is 0 Å². The lowest BCUT2D eigenvalue weighted by Gasteiger charge is -2.33. The number of hydrogen-bond donors (Lipinski definition) is 2. The lowest BCUT2D eigenvalue weighted by Crippen LogP contribution is -2.49. The smallest absolute Gasteiger partial charge is 0.407 e. The summed E-state index contributed by atoms with van der Waals surface area (Å²) >= 11 is 0. The van der Waals surface area contributed by atoms with Crippen LogP contribution in [0.2, 0.25) is 0 Å². The highest BCUT2D eigenvalue weighted by Gasteiger charge is 2.43. The van der Waals surface area contributed by atoms with E-state index in [1.165, 1.54) is 7.11 Å². The number of ether oxygens (including phenoxy) is 2. The number of methoxy groups -OCH3 is 1. The predicted molar refractivity (Wildman–Crippen MR) is 93.6 cm³/mol. The van der Waals surface area contributed by atoms with Crippen molar-refractivity contribution in [3.63, 3.8) is 0 Å². The molecule has 0 spiro atoms. The summed E-state index contributed by atoms with van der Waals surface area (Å²) in [5, 5.41) is 12.5. The van der Waals surface area contributed by atoms with Crippen LogP contribution in [0.3, 0.4) is 0 Å². The van der Waals surface area contributed by atoms with Crippen molar-refractivity contribution in [2.45, 2.75) is 46.6 Å². The van der Waals surface area contributed by atoms with Gasteiger partial charge in [-0.05, 0) is 32.8 Å². The molecule has 140 valence electrons. The topological polar surface area (TPSA) is 97.8 Å². The van der Waals surface area contributed by atoms with Crippen LogP contribution in [-0.2, 0) is 16.0 Å². The van der Waals surface area contributed by atoms with Gasteiger partial charge in [-0.15, -0.1) is 0 Å². The molecular formula is C18H28N2O5. The van der Waals surface area contributed by atoms with Gasteiger partial charge in [0.05, 0.1) is 12.5 Å². The van der Waals surface area contributed by atoms with E-state index in [0.29, 0.717) is 11.6 Å². The van der Waals surface area contributed by atoms with E-state index in [2.05, 4.69) is 10.3 Å². The molecule has 1 unspecified atom stereocenters. The van der Waals surface area contributed by atoms with Crippen molar-refractivity contribution in [2.75, 3.05) is 13.7 Å². The molecule has 1 rings (SSSR count). The molecule has 7 nitrogen and oxygen atoms in total. The molecule has 25 heavy (non-hydrogen) atoms. The molecule has 0 aliphatic rings. The highest BCUT2D eigenvalue weighted by molar-refractivity contribution is 5.77. The molecule has 0 aromatic carbocycles. The van der Waals surface area contributed by atoms with E-state index in [4.69, 9.17) is 9.47 Å². The number of hydrogen-bond acceptors (Lipinski definition) is 5. The molecule has 0 saturated heterocycles. The second-order valence-corrected chi connectivity index (χ2v) is 7.32. The van der Waals surface area contributed by atoms with Crippen molar-refractivity contribution >= 4 is 12.1 Å². The second kappa shape index (κ2) is 8.18. The Morgan fingerprint density at radius 1 is 1.28 bits per heavy atom. The second-order valence-electron chi connectivity index (χ2n) is 7.32. The Labute approximate surface area is 148 Å². The fraction of sp³-hybridized carbons (Fsp3) is 0.611. The third-order valence-electron chi connectivity index (χ3n) is 3.97. The standard InChI is InChI=1S/C18H28N2O5/c1-12(2)18(15(21)22,11-19-16(23)25-17(3,4)5)10-13-8-7-9-14(20-13)24-6/h7-9,12H,10-11H2,1-6H3,(H,19,23)(H,21,22). The molecule has 0 bridgehead atoms. The number of rotatable bonds is 7. The molecule has 0 saturated carbocycles. The minimum atomic E-state index is -1.21. The Hall–Kier alpha value is -2.31. The van der Waals surface area contributed by atoms with Crippen LogP contribution in [-0.4, -0.2) is 41.4 Å². The van der Waals surface area contributed by atoms with Crippen molar-refractivity contribution in [1.82, 2.24) is 10.3 Å². The summed E-state index contributed by atoms with van der Waals surface area (Å²) in [4.78, 5) is 28.3. The lowest BCUT2D eigenvalue weighted by molar-refractivity contribution is -0.151. The number of carboxylic acids is 1. The monoisotopic (exact) mass is 352 g/mol. The zero-order chi connectivity index (χ0) is 19.3. The molecule has 0 aliphatic heterocycles. The van der Waals surface area contributed by atoms with Crippen LogP contribution in [0.25, 0.3) is 0 Å². The van der Waals surface area contributed by atoms with Crippen LogP contribution in [0, 0.1) is 11.3 Å². The van der Waals surface area contributed by atoms with Gasteiger partial charge in [-0.1, -0.05) is 19.9 Å². The summed E-state index contributed by atoms with van der Waals surface area (Å²) in [5.74, 6) is -0.822. The maximum absolute atomic E-state index is 12.1. The van der Waals surface area contributed by atoms with Crippen LogP contribution >= 0.6 is 0 Å². The van der Waals surface area contributed by atoms with Crippen molar-refractivity contribution in [3.05, 3.63) is 23.9 Å². The first-order valence-corrected chi connectivity index (χ1v) is 8.20. The summed E-state index contributed by atoms with van der Waals surface area (Å²) < 4.78 is 10.3. The van der Waals surface area contributed by atoms with E-state index in [-0.39, 0.29) is 18.9 Å². The Balaban J connectivity index is 3.01. The van der Waals surface area contributed by atoms with Gasteiger partial charge in [0.15, 0.2) is 0 Å². The van der Waals surface area contributed by atoms with Crippen LogP contribution in [0.1, 0.15) is 40.3 Å². The first-order valence-electron chi connectivity index (χ1n) is 8.20. The first-order chi connectivity index (χ1) is 11.5. The number of aromatic nitrogens is 1. The number of carbonyl (C=O) groups excluding carboxylic acids is 1. The van der Waals surface area contributed by atoms with Gasteiger partial charge >= 0.3 is 12.1 Å². The van der Waals surface area contributed by atoms with E-state index in [0.717, 1.165) is 0 Å². The van der Waals surface area contributed by atoms with Gasteiger partial charge in [0.2, 0.25) is 5.88 Å². The highest BCUT2D eigenvalue weighted by atomic mass is 16.6. The molecule has 0 radical (unpaired) electrons. The van der Waals surface area contributed by atoms with Crippen molar-refractivity contribution in [1.29, 1.82) is 0 Å². The van der Waals surface area contributed by atoms with Gasteiger partial charge in [0, 0.05) is 24.7 Å².